The molecular weight excluding hydrogens is 172 g/mol. The van der Waals surface area contributed by atoms with E-state index in [1.165, 1.54) is 6.07 Å². The minimum Gasteiger partial charge on any atom is -0.324 e. The summed E-state index contributed by atoms with van der Waals surface area (Å²) in [5.41, 5.74) is 6.95. The molecule has 0 radical (unpaired) electrons. The molecule has 0 bridgehead atoms. The number of hydrogen-bond donors (Lipinski definition) is 1. The molecule has 0 spiro atoms. The lowest BCUT2D eigenvalue weighted by molar-refractivity contribution is 0.464. The van der Waals surface area contributed by atoms with Gasteiger partial charge < -0.3 is 5.73 Å². The van der Waals surface area contributed by atoms with Crippen molar-refractivity contribution in [3.8, 4) is 0 Å². The van der Waals surface area contributed by atoms with Crippen LogP contribution < -0.4 is 5.73 Å². The molecule has 1 aliphatic carbocycles. The SMILES string of the molecule is N[C@H]1CCCc2ccc(F)c(F)c21. The van der Waals surface area contributed by atoms with Gasteiger partial charge in [0.05, 0.1) is 0 Å². The van der Waals surface area contributed by atoms with Crippen LogP contribution in [0.4, 0.5) is 8.78 Å². The predicted molar refractivity (Wildman–Crippen MR) is 46.2 cm³/mol. The van der Waals surface area contributed by atoms with Crippen LogP contribution in [-0.2, 0) is 6.42 Å². The molecule has 0 saturated heterocycles. The lowest BCUT2D eigenvalue weighted by atomic mass is 9.88. The molecule has 3 heteroatoms. The summed E-state index contributed by atoms with van der Waals surface area (Å²) in [4.78, 5) is 0. The van der Waals surface area contributed by atoms with E-state index in [1.54, 1.807) is 6.07 Å². The van der Waals surface area contributed by atoms with Crippen LogP contribution in [0.15, 0.2) is 12.1 Å². The quantitative estimate of drug-likeness (QED) is 0.656. The topological polar surface area (TPSA) is 26.0 Å². The fourth-order valence-electron chi connectivity index (χ4n) is 1.88. The maximum Gasteiger partial charge on any atom is 0.163 e. The average Bonchev–Trinajstić information content (AvgIpc) is 2.12. The molecule has 1 atom stereocenters. The van der Waals surface area contributed by atoms with Crippen LogP contribution in [0.3, 0.4) is 0 Å². The van der Waals surface area contributed by atoms with Crippen molar-refractivity contribution in [1.29, 1.82) is 0 Å². The van der Waals surface area contributed by atoms with Crippen molar-refractivity contribution in [1.82, 2.24) is 0 Å². The van der Waals surface area contributed by atoms with Gasteiger partial charge in [0.2, 0.25) is 0 Å². The number of rotatable bonds is 0. The Morgan fingerprint density at radius 1 is 1.31 bits per heavy atom. The van der Waals surface area contributed by atoms with Crippen molar-refractivity contribution in [3.05, 3.63) is 34.9 Å². The monoisotopic (exact) mass is 183 g/mol. The Labute approximate surface area is 75.6 Å². The fraction of sp³-hybridized carbons (Fsp3) is 0.400. The highest BCUT2D eigenvalue weighted by atomic mass is 19.2. The Morgan fingerprint density at radius 2 is 2.08 bits per heavy atom. The summed E-state index contributed by atoms with van der Waals surface area (Å²) in [6.45, 7) is 0. The van der Waals surface area contributed by atoms with E-state index in [4.69, 9.17) is 5.73 Å². The third kappa shape index (κ3) is 1.33. The lowest BCUT2D eigenvalue weighted by Gasteiger charge is -2.22. The molecule has 0 fully saturated rings. The second-order valence-corrected chi connectivity index (χ2v) is 3.43. The third-order valence-corrected chi connectivity index (χ3v) is 2.55. The molecule has 0 aromatic heterocycles. The molecule has 0 unspecified atom stereocenters. The third-order valence-electron chi connectivity index (χ3n) is 2.55. The molecule has 1 aromatic rings. The molecule has 13 heavy (non-hydrogen) atoms. The molecule has 2 rings (SSSR count). The van der Waals surface area contributed by atoms with Gasteiger partial charge in [0.1, 0.15) is 0 Å². The minimum atomic E-state index is -0.795. The van der Waals surface area contributed by atoms with E-state index < -0.39 is 11.6 Å². The second-order valence-electron chi connectivity index (χ2n) is 3.43. The zero-order valence-corrected chi connectivity index (χ0v) is 7.19. The van der Waals surface area contributed by atoms with E-state index in [2.05, 4.69) is 0 Å². The van der Waals surface area contributed by atoms with Crippen LogP contribution in [0.1, 0.15) is 30.0 Å². The number of benzene rings is 1. The summed E-state index contributed by atoms with van der Waals surface area (Å²) in [5.74, 6) is -1.55. The number of hydrogen-bond acceptors (Lipinski definition) is 1. The van der Waals surface area contributed by atoms with Gasteiger partial charge in [0.25, 0.3) is 0 Å². The van der Waals surface area contributed by atoms with Crippen molar-refractivity contribution in [2.75, 3.05) is 0 Å². The maximum atomic E-state index is 13.3. The van der Waals surface area contributed by atoms with E-state index >= 15 is 0 Å². The second kappa shape index (κ2) is 3.07. The first-order chi connectivity index (χ1) is 6.20. The molecule has 0 amide bonds. The van der Waals surface area contributed by atoms with Crippen LogP contribution in [-0.4, -0.2) is 0 Å². The standard InChI is InChI=1S/C10H11F2N/c11-7-5-4-6-2-1-3-8(13)9(6)10(7)12/h4-5,8H,1-3,13H2/t8-/m0/s1. The first-order valence-corrected chi connectivity index (χ1v) is 4.42. The summed E-state index contributed by atoms with van der Waals surface area (Å²) in [6.07, 6.45) is 2.51. The molecular formula is C10H11F2N. The Kier molecular flexibility index (Phi) is 2.04. The van der Waals surface area contributed by atoms with Gasteiger partial charge in [0.15, 0.2) is 11.6 Å². The molecule has 1 aliphatic rings. The highest BCUT2D eigenvalue weighted by Crippen LogP contribution is 2.30. The van der Waals surface area contributed by atoms with Crippen LogP contribution in [0, 0.1) is 11.6 Å². The Bertz CT molecular complexity index is 336. The fourth-order valence-corrected chi connectivity index (χ4v) is 1.88. The molecule has 1 nitrogen and oxygen atoms in total. The van der Waals surface area contributed by atoms with E-state index in [9.17, 15) is 8.78 Å². The zero-order valence-electron chi connectivity index (χ0n) is 7.19. The summed E-state index contributed by atoms with van der Waals surface area (Å²) in [6, 6.07) is 2.47. The predicted octanol–water partition coefficient (Wildman–Crippen LogP) is 2.30. The van der Waals surface area contributed by atoms with E-state index in [1.807, 2.05) is 0 Å². The van der Waals surface area contributed by atoms with Crippen molar-refractivity contribution in [3.63, 3.8) is 0 Å². The zero-order chi connectivity index (χ0) is 9.42. The summed E-state index contributed by atoms with van der Waals surface area (Å²) < 4.78 is 26.1. The molecule has 0 saturated carbocycles. The minimum absolute atomic E-state index is 0.334. The van der Waals surface area contributed by atoms with Gasteiger partial charge in [-0.3, -0.25) is 0 Å². The summed E-state index contributed by atoms with van der Waals surface area (Å²) >= 11 is 0. The number of nitrogens with two attached hydrogens (primary N) is 1. The van der Waals surface area contributed by atoms with Crippen LogP contribution in [0.2, 0.25) is 0 Å². The number of aryl methyl sites for hydroxylation is 1. The highest BCUT2D eigenvalue weighted by molar-refractivity contribution is 5.34. The van der Waals surface area contributed by atoms with Gasteiger partial charge in [-0.15, -0.1) is 0 Å². The Balaban J connectivity index is 2.58. The first kappa shape index (κ1) is 8.63. The van der Waals surface area contributed by atoms with Gasteiger partial charge in [0, 0.05) is 11.6 Å². The van der Waals surface area contributed by atoms with Gasteiger partial charge >= 0.3 is 0 Å². The van der Waals surface area contributed by atoms with Gasteiger partial charge in [-0.05, 0) is 30.9 Å². The van der Waals surface area contributed by atoms with Gasteiger partial charge in [-0.2, -0.15) is 0 Å². The van der Waals surface area contributed by atoms with Crippen molar-refractivity contribution in [2.24, 2.45) is 5.73 Å². The normalized spacial score (nSPS) is 21.3. The van der Waals surface area contributed by atoms with Crippen LogP contribution in [0.5, 0.6) is 0 Å². The van der Waals surface area contributed by atoms with Crippen molar-refractivity contribution in [2.45, 2.75) is 25.3 Å². The molecule has 2 N–H and O–H groups in total. The van der Waals surface area contributed by atoms with E-state index in [-0.39, 0.29) is 6.04 Å². The smallest absolute Gasteiger partial charge is 0.163 e. The first-order valence-electron chi connectivity index (χ1n) is 4.42. The largest absolute Gasteiger partial charge is 0.324 e. The molecule has 0 heterocycles. The van der Waals surface area contributed by atoms with E-state index in [0.29, 0.717) is 5.56 Å². The van der Waals surface area contributed by atoms with Crippen LogP contribution in [0.25, 0.3) is 0 Å². The molecule has 0 aliphatic heterocycles. The Morgan fingerprint density at radius 3 is 2.85 bits per heavy atom. The molecule has 70 valence electrons. The molecule has 1 aromatic carbocycles. The van der Waals surface area contributed by atoms with Crippen LogP contribution >= 0.6 is 0 Å². The summed E-state index contributed by atoms with van der Waals surface area (Å²) in [5, 5.41) is 0. The maximum absolute atomic E-state index is 13.3. The highest BCUT2D eigenvalue weighted by Gasteiger charge is 2.22. The average molecular weight is 183 g/mol. The van der Waals surface area contributed by atoms with Crippen molar-refractivity contribution < 1.29 is 8.78 Å². The number of halogens is 2. The van der Waals surface area contributed by atoms with Gasteiger partial charge in [-0.1, -0.05) is 6.07 Å². The van der Waals surface area contributed by atoms with E-state index in [0.717, 1.165) is 24.8 Å². The summed E-state index contributed by atoms with van der Waals surface area (Å²) in [7, 11) is 0. The van der Waals surface area contributed by atoms with Crippen molar-refractivity contribution >= 4 is 0 Å². The lowest BCUT2D eigenvalue weighted by Crippen LogP contribution is -2.19. The van der Waals surface area contributed by atoms with Gasteiger partial charge in [-0.25, -0.2) is 8.78 Å². The number of fused-ring (bicyclic) bond motifs is 1. The Hall–Kier alpha value is -0.960.